The molecule has 0 amide bonds. The predicted octanol–water partition coefficient (Wildman–Crippen LogP) is 2.70. The van der Waals surface area contributed by atoms with Crippen LogP contribution < -0.4 is 0 Å². The Balaban J connectivity index is 2.26. The molecule has 0 bridgehead atoms. The smallest absolute Gasteiger partial charge is 0.309 e. The second-order valence-corrected chi connectivity index (χ2v) is 4.61. The van der Waals surface area contributed by atoms with Crippen molar-refractivity contribution in [2.24, 2.45) is 5.92 Å². The van der Waals surface area contributed by atoms with Crippen molar-refractivity contribution in [1.29, 1.82) is 0 Å². The molecule has 1 aromatic rings. The minimum Gasteiger partial charge on any atom is -0.466 e. The largest absolute Gasteiger partial charge is 0.466 e. The molecule has 0 N–H and O–H groups in total. The maximum atomic E-state index is 12.1. The van der Waals surface area contributed by atoms with Gasteiger partial charge >= 0.3 is 5.97 Å². The van der Waals surface area contributed by atoms with Crippen LogP contribution in [0.25, 0.3) is 0 Å². The zero-order valence-electron chi connectivity index (χ0n) is 10.6. The predicted molar refractivity (Wildman–Crippen MR) is 68.2 cm³/mol. The van der Waals surface area contributed by atoms with Gasteiger partial charge in [-0.1, -0.05) is 30.3 Å². The minimum atomic E-state index is -0.320. The number of carbonyl (C=O) groups is 2. The van der Waals surface area contributed by atoms with Gasteiger partial charge in [0.1, 0.15) is 5.78 Å². The summed E-state index contributed by atoms with van der Waals surface area (Å²) in [6, 6.07) is 9.55. The summed E-state index contributed by atoms with van der Waals surface area (Å²) in [5.41, 5.74) is 0.931. The molecule has 0 aromatic heterocycles. The summed E-state index contributed by atoms with van der Waals surface area (Å²) in [6.45, 7) is 2.16. The highest BCUT2D eigenvalue weighted by Crippen LogP contribution is 2.36. The Labute approximate surface area is 107 Å². The van der Waals surface area contributed by atoms with Crippen molar-refractivity contribution in [1.82, 2.24) is 0 Å². The molecule has 2 rings (SSSR count). The number of carbonyl (C=O) groups excluding carboxylic acids is 2. The Hall–Kier alpha value is -1.64. The average molecular weight is 246 g/mol. The number of hydrogen-bond acceptors (Lipinski definition) is 3. The molecule has 1 saturated carbocycles. The lowest BCUT2D eigenvalue weighted by Crippen LogP contribution is -2.33. The van der Waals surface area contributed by atoms with Crippen LogP contribution in [0.4, 0.5) is 0 Å². The minimum absolute atomic E-state index is 0.158. The van der Waals surface area contributed by atoms with E-state index in [1.807, 2.05) is 30.3 Å². The van der Waals surface area contributed by atoms with Crippen LogP contribution in [0.3, 0.4) is 0 Å². The molecule has 0 unspecified atom stereocenters. The van der Waals surface area contributed by atoms with Gasteiger partial charge < -0.3 is 4.74 Å². The van der Waals surface area contributed by atoms with Crippen LogP contribution in [0, 0.1) is 5.92 Å². The Bertz CT molecular complexity index is 425. The van der Waals surface area contributed by atoms with E-state index in [9.17, 15) is 9.59 Å². The van der Waals surface area contributed by atoms with Gasteiger partial charge in [-0.05, 0) is 25.3 Å². The van der Waals surface area contributed by atoms with Crippen molar-refractivity contribution in [2.45, 2.75) is 32.1 Å². The number of ether oxygens (including phenoxy) is 1. The standard InChI is InChI=1S/C15H18O3/c1-2-18-15(17)12-9-6-10-13(16)14(12)11-7-4-3-5-8-11/h3-5,7-8,12,14H,2,6,9-10H2,1H3/t12-,14+/m0/s1. The molecule has 0 saturated heterocycles. The molecular weight excluding hydrogens is 228 g/mol. The molecule has 3 nitrogen and oxygen atoms in total. The summed E-state index contributed by atoms with van der Waals surface area (Å²) < 4.78 is 5.09. The monoisotopic (exact) mass is 246 g/mol. The molecule has 1 aliphatic carbocycles. The molecule has 18 heavy (non-hydrogen) atoms. The highest BCUT2D eigenvalue weighted by atomic mass is 16.5. The van der Waals surface area contributed by atoms with Gasteiger partial charge in [0.05, 0.1) is 18.4 Å². The van der Waals surface area contributed by atoms with Crippen molar-refractivity contribution >= 4 is 11.8 Å². The molecular formula is C15H18O3. The van der Waals surface area contributed by atoms with Gasteiger partial charge in [-0.25, -0.2) is 0 Å². The Kier molecular flexibility index (Phi) is 4.13. The first kappa shape index (κ1) is 12.8. The van der Waals surface area contributed by atoms with Gasteiger partial charge in [-0.2, -0.15) is 0 Å². The molecule has 1 aromatic carbocycles. The van der Waals surface area contributed by atoms with Crippen LogP contribution in [0.1, 0.15) is 37.7 Å². The fourth-order valence-electron chi connectivity index (χ4n) is 2.62. The molecule has 2 atom stereocenters. The average Bonchev–Trinajstić information content (AvgIpc) is 2.39. The topological polar surface area (TPSA) is 43.4 Å². The van der Waals surface area contributed by atoms with Crippen molar-refractivity contribution in [2.75, 3.05) is 6.61 Å². The summed E-state index contributed by atoms with van der Waals surface area (Å²) in [5, 5.41) is 0. The quantitative estimate of drug-likeness (QED) is 0.770. The summed E-state index contributed by atoms with van der Waals surface area (Å²) in [4.78, 5) is 24.1. The first-order valence-electron chi connectivity index (χ1n) is 6.48. The van der Waals surface area contributed by atoms with Gasteiger partial charge in [0, 0.05) is 6.42 Å². The molecule has 0 heterocycles. The van der Waals surface area contributed by atoms with Gasteiger partial charge in [-0.15, -0.1) is 0 Å². The Morgan fingerprint density at radius 1 is 1.33 bits per heavy atom. The van der Waals surface area contributed by atoms with Gasteiger partial charge in [0.15, 0.2) is 0 Å². The number of Topliss-reactive ketones (excluding diaryl/α,β-unsaturated/α-hetero) is 1. The lowest BCUT2D eigenvalue weighted by Gasteiger charge is -2.28. The fourth-order valence-corrected chi connectivity index (χ4v) is 2.62. The van der Waals surface area contributed by atoms with E-state index in [0.717, 1.165) is 18.4 Å². The maximum Gasteiger partial charge on any atom is 0.309 e. The first-order chi connectivity index (χ1) is 8.74. The summed E-state index contributed by atoms with van der Waals surface area (Å²) >= 11 is 0. The third kappa shape index (κ3) is 2.61. The number of hydrogen-bond donors (Lipinski definition) is 0. The van der Waals surface area contributed by atoms with Gasteiger partial charge in [0.25, 0.3) is 0 Å². The van der Waals surface area contributed by atoms with Gasteiger partial charge in [-0.3, -0.25) is 9.59 Å². The number of esters is 1. The zero-order chi connectivity index (χ0) is 13.0. The lowest BCUT2D eigenvalue weighted by molar-refractivity contribution is -0.152. The van der Waals surface area contributed by atoms with Gasteiger partial charge in [0.2, 0.25) is 0 Å². The number of ketones is 1. The highest BCUT2D eigenvalue weighted by Gasteiger charge is 2.38. The third-order valence-electron chi connectivity index (χ3n) is 3.44. The summed E-state index contributed by atoms with van der Waals surface area (Å²) in [6.07, 6.45) is 2.09. The van der Waals surface area contributed by atoms with E-state index in [1.54, 1.807) is 6.92 Å². The van der Waals surface area contributed by atoms with Crippen molar-refractivity contribution < 1.29 is 14.3 Å². The normalized spacial score (nSPS) is 23.7. The SMILES string of the molecule is CCOC(=O)[C@H]1CCCC(=O)[C@@H]1c1ccccc1. The lowest BCUT2D eigenvalue weighted by atomic mass is 9.74. The van der Waals surface area contributed by atoms with Crippen LogP contribution >= 0.6 is 0 Å². The van der Waals surface area contributed by atoms with Crippen LogP contribution in [-0.4, -0.2) is 18.4 Å². The second-order valence-electron chi connectivity index (χ2n) is 4.61. The second kappa shape index (κ2) is 5.80. The molecule has 1 fully saturated rings. The van der Waals surface area contributed by atoms with E-state index < -0.39 is 0 Å². The fraction of sp³-hybridized carbons (Fsp3) is 0.467. The molecule has 0 radical (unpaired) electrons. The number of benzene rings is 1. The van der Waals surface area contributed by atoms with E-state index in [4.69, 9.17) is 4.74 Å². The zero-order valence-corrected chi connectivity index (χ0v) is 10.6. The van der Waals surface area contributed by atoms with E-state index in [0.29, 0.717) is 13.0 Å². The van der Waals surface area contributed by atoms with Crippen LogP contribution in [0.2, 0.25) is 0 Å². The summed E-state index contributed by atoms with van der Waals surface area (Å²) in [5.74, 6) is -0.711. The van der Waals surface area contributed by atoms with E-state index in [2.05, 4.69) is 0 Å². The first-order valence-corrected chi connectivity index (χ1v) is 6.48. The van der Waals surface area contributed by atoms with E-state index in [1.165, 1.54) is 0 Å². The molecule has 1 aliphatic rings. The Morgan fingerprint density at radius 2 is 2.06 bits per heavy atom. The summed E-state index contributed by atoms with van der Waals surface area (Å²) in [7, 11) is 0. The molecule has 0 spiro atoms. The molecule has 96 valence electrons. The van der Waals surface area contributed by atoms with Crippen LogP contribution in [0.5, 0.6) is 0 Å². The van der Waals surface area contributed by atoms with Crippen molar-refractivity contribution in [3.63, 3.8) is 0 Å². The highest BCUT2D eigenvalue weighted by molar-refractivity contribution is 5.92. The maximum absolute atomic E-state index is 12.1. The van der Waals surface area contributed by atoms with Crippen LogP contribution in [0.15, 0.2) is 30.3 Å². The third-order valence-corrected chi connectivity index (χ3v) is 3.44. The molecule has 0 aliphatic heterocycles. The van der Waals surface area contributed by atoms with E-state index >= 15 is 0 Å². The van der Waals surface area contributed by atoms with Crippen molar-refractivity contribution in [3.05, 3.63) is 35.9 Å². The van der Waals surface area contributed by atoms with E-state index in [-0.39, 0.29) is 23.6 Å². The Morgan fingerprint density at radius 3 is 2.72 bits per heavy atom. The molecule has 3 heteroatoms. The van der Waals surface area contributed by atoms with Crippen LogP contribution in [-0.2, 0) is 14.3 Å². The van der Waals surface area contributed by atoms with Crippen molar-refractivity contribution in [3.8, 4) is 0 Å². The number of rotatable bonds is 3.